The van der Waals surface area contributed by atoms with Gasteiger partial charge in [-0.2, -0.15) is 0 Å². The van der Waals surface area contributed by atoms with Gasteiger partial charge in [-0.3, -0.25) is 9.18 Å². The number of aliphatic imine (C=N–C) groups is 1. The number of guanidine groups is 1. The van der Waals surface area contributed by atoms with Gasteiger partial charge < -0.3 is 20.3 Å². The minimum Gasteiger partial charge on any atom is -0.376 e. The maximum absolute atomic E-state index is 12.2. The molecule has 122 valence electrons. The molecule has 1 aliphatic heterocycles. The summed E-state index contributed by atoms with van der Waals surface area (Å²) < 4.78 is 17.8. The molecular formula is C14H27FN4O2. The number of hydrogen-bond acceptors (Lipinski definition) is 3. The van der Waals surface area contributed by atoms with Gasteiger partial charge in [-0.25, -0.2) is 4.99 Å². The van der Waals surface area contributed by atoms with E-state index in [4.69, 9.17) is 4.74 Å². The van der Waals surface area contributed by atoms with Crippen LogP contribution in [0, 0.1) is 0 Å². The molecule has 0 aromatic heterocycles. The molecule has 7 heteroatoms. The zero-order valence-electron chi connectivity index (χ0n) is 13.0. The van der Waals surface area contributed by atoms with Crippen molar-refractivity contribution in [2.24, 2.45) is 4.99 Å². The van der Waals surface area contributed by atoms with Crippen LogP contribution in [0.2, 0.25) is 0 Å². The SMILES string of the molecule is CN(C)C(=O)CN=C(NCCCF)NCC1CCCCO1. The van der Waals surface area contributed by atoms with Gasteiger partial charge in [0.15, 0.2) is 5.96 Å². The number of alkyl halides is 1. The molecule has 0 radical (unpaired) electrons. The molecule has 1 saturated heterocycles. The Morgan fingerprint density at radius 2 is 2.19 bits per heavy atom. The first kappa shape index (κ1) is 17.7. The predicted octanol–water partition coefficient (Wildman–Crippen LogP) is 0.539. The van der Waals surface area contributed by atoms with Crippen LogP contribution in [-0.2, 0) is 9.53 Å². The van der Waals surface area contributed by atoms with Crippen molar-refractivity contribution in [3.63, 3.8) is 0 Å². The molecule has 1 rings (SSSR count). The highest BCUT2D eigenvalue weighted by molar-refractivity contribution is 5.84. The highest BCUT2D eigenvalue weighted by Crippen LogP contribution is 2.11. The van der Waals surface area contributed by atoms with Gasteiger partial charge in [0.25, 0.3) is 0 Å². The molecule has 21 heavy (non-hydrogen) atoms. The van der Waals surface area contributed by atoms with Gasteiger partial charge in [-0.15, -0.1) is 0 Å². The van der Waals surface area contributed by atoms with Crippen LogP contribution in [0.25, 0.3) is 0 Å². The van der Waals surface area contributed by atoms with Crippen molar-refractivity contribution in [2.45, 2.75) is 31.8 Å². The van der Waals surface area contributed by atoms with E-state index in [0.717, 1.165) is 19.4 Å². The van der Waals surface area contributed by atoms with E-state index in [1.807, 2.05) is 0 Å². The molecule has 1 aliphatic rings. The van der Waals surface area contributed by atoms with Gasteiger partial charge in [0.05, 0.1) is 12.8 Å². The van der Waals surface area contributed by atoms with Crippen molar-refractivity contribution in [2.75, 3.05) is 47.0 Å². The molecule has 0 bridgehead atoms. The quantitative estimate of drug-likeness (QED) is 0.409. The summed E-state index contributed by atoms with van der Waals surface area (Å²) in [6, 6.07) is 0. The van der Waals surface area contributed by atoms with Crippen LogP contribution in [0.5, 0.6) is 0 Å². The maximum atomic E-state index is 12.2. The Bertz CT molecular complexity index is 331. The van der Waals surface area contributed by atoms with Crippen molar-refractivity contribution in [3.05, 3.63) is 0 Å². The highest BCUT2D eigenvalue weighted by atomic mass is 19.1. The fourth-order valence-electron chi connectivity index (χ4n) is 1.91. The molecule has 0 aromatic rings. The van der Waals surface area contributed by atoms with Crippen molar-refractivity contribution < 1.29 is 13.9 Å². The second kappa shape index (κ2) is 10.4. The average molecular weight is 302 g/mol. The van der Waals surface area contributed by atoms with E-state index in [-0.39, 0.29) is 25.2 Å². The number of hydrogen-bond donors (Lipinski definition) is 2. The molecule has 0 saturated carbocycles. The summed E-state index contributed by atoms with van der Waals surface area (Å²) in [6.45, 7) is 1.64. The molecule has 1 atom stereocenters. The lowest BCUT2D eigenvalue weighted by Crippen LogP contribution is -2.43. The number of carbonyl (C=O) groups excluding carboxylic acids is 1. The summed E-state index contributed by atoms with van der Waals surface area (Å²) >= 11 is 0. The average Bonchev–Trinajstić information content (AvgIpc) is 2.50. The molecule has 6 nitrogen and oxygen atoms in total. The van der Waals surface area contributed by atoms with Gasteiger partial charge >= 0.3 is 0 Å². The zero-order valence-corrected chi connectivity index (χ0v) is 13.0. The van der Waals surface area contributed by atoms with Gasteiger partial charge in [0.1, 0.15) is 6.54 Å². The molecule has 0 aliphatic carbocycles. The van der Waals surface area contributed by atoms with E-state index in [9.17, 15) is 9.18 Å². The van der Waals surface area contributed by atoms with E-state index in [1.165, 1.54) is 11.3 Å². The van der Waals surface area contributed by atoms with Gasteiger partial charge in [0.2, 0.25) is 5.91 Å². The van der Waals surface area contributed by atoms with E-state index >= 15 is 0 Å². The molecule has 0 spiro atoms. The normalized spacial score (nSPS) is 19.2. The van der Waals surface area contributed by atoms with Crippen LogP contribution in [0.1, 0.15) is 25.7 Å². The van der Waals surface area contributed by atoms with E-state index in [2.05, 4.69) is 15.6 Å². The second-order valence-electron chi connectivity index (χ2n) is 5.29. The highest BCUT2D eigenvalue weighted by Gasteiger charge is 2.14. The number of ether oxygens (including phenoxy) is 1. The third-order valence-corrected chi connectivity index (χ3v) is 3.25. The van der Waals surface area contributed by atoms with Crippen molar-refractivity contribution in [1.82, 2.24) is 15.5 Å². The smallest absolute Gasteiger partial charge is 0.243 e. The summed E-state index contributed by atoms with van der Waals surface area (Å²) in [5.41, 5.74) is 0. The summed E-state index contributed by atoms with van der Waals surface area (Å²) in [5.74, 6) is 0.461. The fraction of sp³-hybridized carbons (Fsp3) is 0.857. The van der Waals surface area contributed by atoms with Crippen LogP contribution in [0.3, 0.4) is 0 Å². The first-order valence-electron chi connectivity index (χ1n) is 7.53. The van der Waals surface area contributed by atoms with E-state index in [1.54, 1.807) is 14.1 Å². The fourth-order valence-corrected chi connectivity index (χ4v) is 1.91. The Labute approximate surface area is 126 Å². The lowest BCUT2D eigenvalue weighted by Gasteiger charge is -2.23. The van der Waals surface area contributed by atoms with Crippen LogP contribution < -0.4 is 10.6 Å². The molecule has 1 fully saturated rings. The lowest BCUT2D eigenvalue weighted by molar-refractivity contribution is -0.127. The lowest BCUT2D eigenvalue weighted by atomic mass is 10.1. The summed E-state index contributed by atoms with van der Waals surface area (Å²) in [7, 11) is 3.38. The first-order valence-corrected chi connectivity index (χ1v) is 7.53. The third-order valence-electron chi connectivity index (χ3n) is 3.25. The molecule has 2 N–H and O–H groups in total. The standard InChI is InChI=1S/C14H27FN4O2/c1-19(2)13(20)11-18-14(16-8-5-7-15)17-10-12-6-3-4-9-21-12/h12H,3-11H2,1-2H3,(H2,16,17,18). The summed E-state index contributed by atoms with van der Waals surface area (Å²) in [6.07, 6.45) is 3.91. The third kappa shape index (κ3) is 7.84. The molecule has 1 unspecified atom stereocenters. The predicted molar refractivity (Wildman–Crippen MR) is 81.2 cm³/mol. The van der Waals surface area contributed by atoms with Gasteiger partial charge in [-0.1, -0.05) is 0 Å². The minimum absolute atomic E-state index is 0.0729. The van der Waals surface area contributed by atoms with Gasteiger partial charge in [0, 0.05) is 33.8 Å². The number of nitrogens with one attached hydrogen (secondary N) is 2. The van der Waals surface area contributed by atoms with E-state index in [0.29, 0.717) is 25.5 Å². The largest absolute Gasteiger partial charge is 0.376 e. The molecule has 0 aromatic carbocycles. The Morgan fingerprint density at radius 1 is 1.38 bits per heavy atom. The summed E-state index contributed by atoms with van der Waals surface area (Å²) in [4.78, 5) is 17.3. The van der Waals surface area contributed by atoms with Crippen LogP contribution >= 0.6 is 0 Å². The Morgan fingerprint density at radius 3 is 2.81 bits per heavy atom. The van der Waals surface area contributed by atoms with Crippen LogP contribution in [-0.4, -0.2) is 69.9 Å². The second-order valence-corrected chi connectivity index (χ2v) is 5.29. The number of carbonyl (C=O) groups is 1. The van der Waals surface area contributed by atoms with E-state index < -0.39 is 0 Å². The minimum atomic E-state index is -0.372. The molecule has 1 heterocycles. The number of amides is 1. The summed E-state index contributed by atoms with van der Waals surface area (Å²) in [5, 5.41) is 6.19. The number of nitrogens with zero attached hydrogens (tertiary/aromatic N) is 2. The van der Waals surface area contributed by atoms with Crippen LogP contribution in [0.4, 0.5) is 4.39 Å². The van der Waals surface area contributed by atoms with Crippen molar-refractivity contribution in [1.29, 1.82) is 0 Å². The Hall–Kier alpha value is -1.37. The van der Waals surface area contributed by atoms with Crippen molar-refractivity contribution >= 4 is 11.9 Å². The maximum Gasteiger partial charge on any atom is 0.243 e. The topological polar surface area (TPSA) is 66.0 Å². The van der Waals surface area contributed by atoms with Gasteiger partial charge in [-0.05, 0) is 25.7 Å². The van der Waals surface area contributed by atoms with Crippen molar-refractivity contribution in [3.8, 4) is 0 Å². The zero-order chi connectivity index (χ0) is 15.5. The monoisotopic (exact) mass is 302 g/mol. The molecule has 1 amide bonds. The molecular weight excluding hydrogens is 275 g/mol. The number of likely N-dealkylation sites (N-methyl/N-ethyl adjacent to an activating group) is 1. The number of halogens is 1. The number of rotatable bonds is 7. The van der Waals surface area contributed by atoms with Crippen LogP contribution in [0.15, 0.2) is 4.99 Å². The Balaban J connectivity index is 2.42. The first-order chi connectivity index (χ1) is 10.1. The Kier molecular flexibility index (Phi) is 8.73.